The third kappa shape index (κ3) is 2.67. The SMILES string of the molecule is C[C@@H]1CCC[C@H](C)N1C(=O)c1ccc2c(c1)CCC(=O)N2. The Labute approximate surface area is 125 Å². The average Bonchev–Trinajstić information content (AvgIpc) is 2.46. The first-order chi connectivity index (χ1) is 10.1. The Balaban J connectivity index is 1.86. The van der Waals surface area contributed by atoms with Crippen molar-refractivity contribution in [1.29, 1.82) is 0 Å². The van der Waals surface area contributed by atoms with Gasteiger partial charge in [0.25, 0.3) is 5.91 Å². The Kier molecular flexibility index (Phi) is 3.70. The molecule has 2 aliphatic rings. The minimum Gasteiger partial charge on any atom is -0.333 e. The topological polar surface area (TPSA) is 49.4 Å². The van der Waals surface area contributed by atoms with E-state index in [-0.39, 0.29) is 11.8 Å². The van der Waals surface area contributed by atoms with Crippen LogP contribution < -0.4 is 5.32 Å². The van der Waals surface area contributed by atoms with Gasteiger partial charge in [-0.3, -0.25) is 9.59 Å². The van der Waals surface area contributed by atoms with Gasteiger partial charge in [0.05, 0.1) is 0 Å². The summed E-state index contributed by atoms with van der Waals surface area (Å²) in [5.41, 5.74) is 2.66. The second kappa shape index (κ2) is 5.51. The highest BCUT2D eigenvalue weighted by Crippen LogP contribution is 2.28. The van der Waals surface area contributed by atoms with Gasteiger partial charge in [-0.1, -0.05) is 0 Å². The molecule has 1 aromatic carbocycles. The van der Waals surface area contributed by atoms with E-state index >= 15 is 0 Å². The van der Waals surface area contributed by atoms with E-state index in [1.54, 1.807) is 0 Å². The number of nitrogens with zero attached hydrogens (tertiary/aromatic N) is 1. The summed E-state index contributed by atoms with van der Waals surface area (Å²) < 4.78 is 0. The standard InChI is InChI=1S/C17H22N2O2/c1-11-4-3-5-12(2)19(11)17(21)14-6-8-15-13(10-14)7-9-16(20)18-15/h6,8,10-12H,3-5,7,9H2,1-2H3,(H,18,20)/t11-,12+. The van der Waals surface area contributed by atoms with Crippen LogP contribution in [0, 0.1) is 0 Å². The van der Waals surface area contributed by atoms with Gasteiger partial charge in [-0.15, -0.1) is 0 Å². The normalized spacial score (nSPS) is 25.2. The van der Waals surface area contributed by atoms with Gasteiger partial charge in [0.2, 0.25) is 5.91 Å². The summed E-state index contributed by atoms with van der Waals surface area (Å²) in [6.07, 6.45) is 4.57. The zero-order valence-corrected chi connectivity index (χ0v) is 12.7. The number of rotatable bonds is 1. The van der Waals surface area contributed by atoms with Crippen LogP contribution in [0.15, 0.2) is 18.2 Å². The third-order valence-electron chi connectivity index (χ3n) is 4.68. The van der Waals surface area contributed by atoms with Crippen molar-refractivity contribution in [3.63, 3.8) is 0 Å². The molecule has 2 atom stereocenters. The number of piperidine rings is 1. The number of benzene rings is 1. The van der Waals surface area contributed by atoms with Gasteiger partial charge in [0.15, 0.2) is 0 Å². The average molecular weight is 286 g/mol. The van der Waals surface area contributed by atoms with Crippen molar-refractivity contribution in [2.45, 2.75) is 58.0 Å². The number of nitrogens with one attached hydrogen (secondary N) is 1. The fourth-order valence-corrected chi connectivity index (χ4v) is 3.49. The lowest BCUT2D eigenvalue weighted by atomic mass is 9.95. The Morgan fingerprint density at radius 3 is 2.62 bits per heavy atom. The lowest BCUT2D eigenvalue weighted by Crippen LogP contribution is -2.47. The molecule has 112 valence electrons. The second-order valence-electron chi connectivity index (χ2n) is 6.26. The predicted octanol–water partition coefficient (Wildman–Crippen LogP) is 2.97. The molecule has 4 heteroatoms. The zero-order valence-electron chi connectivity index (χ0n) is 12.7. The van der Waals surface area contributed by atoms with Crippen LogP contribution in [0.25, 0.3) is 0 Å². The lowest BCUT2D eigenvalue weighted by Gasteiger charge is -2.39. The number of carbonyl (C=O) groups is 2. The minimum absolute atomic E-state index is 0.0554. The summed E-state index contributed by atoms with van der Waals surface area (Å²) in [6, 6.07) is 6.25. The maximum absolute atomic E-state index is 12.8. The van der Waals surface area contributed by atoms with E-state index in [1.165, 1.54) is 6.42 Å². The van der Waals surface area contributed by atoms with Crippen molar-refractivity contribution in [3.05, 3.63) is 29.3 Å². The molecule has 0 radical (unpaired) electrons. The first-order valence-corrected chi connectivity index (χ1v) is 7.81. The lowest BCUT2D eigenvalue weighted by molar-refractivity contribution is -0.116. The molecule has 1 fully saturated rings. The maximum Gasteiger partial charge on any atom is 0.254 e. The molecular weight excluding hydrogens is 264 g/mol. The zero-order chi connectivity index (χ0) is 15.0. The van der Waals surface area contributed by atoms with Crippen molar-refractivity contribution in [2.75, 3.05) is 5.32 Å². The second-order valence-corrected chi connectivity index (χ2v) is 6.26. The molecule has 0 aromatic heterocycles. The molecular formula is C17H22N2O2. The van der Waals surface area contributed by atoms with Crippen LogP contribution in [0.2, 0.25) is 0 Å². The van der Waals surface area contributed by atoms with Gasteiger partial charge >= 0.3 is 0 Å². The highest BCUT2D eigenvalue weighted by Gasteiger charge is 2.30. The summed E-state index contributed by atoms with van der Waals surface area (Å²) in [7, 11) is 0. The van der Waals surface area contributed by atoms with Crippen LogP contribution in [0.4, 0.5) is 5.69 Å². The molecule has 2 heterocycles. The molecule has 4 nitrogen and oxygen atoms in total. The predicted molar refractivity (Wildman–Crippen MR) is 82.3 cm³/mol. The molecule has 3 rings (SSSR count). The maximum atomic E-state index is 12.8. The van der Waals surface area contributed by atoms with Gasteiger partial charge in [-0.05, 0) is 63.3 Å². The van der Waals surface area contributed by atoms with E-state index in [4.69, 9.17) is 0 Å². The monoisotopic (exact) mass is 286 g/mol. The Morgan fingerprint density at radius 1 is 1.19 bits per heavy atom. The largest absolute Gasteiger partial charge is 0.333 e. The number of aryl methyl sites for hydroxylation is 1. The Bertz CT molecular complexity index is 572. The van der Waals surface area contributed by atoms with Gasteiger partial charge in [0, 0.05) is 29.8 Å². The quantitative estimate of drug-likeness (QED) is 0.863. The molecule has 0 unspecified atom stereocenters. The van der Waals surface area contributed by atoms with Crippen LogP contribution >= 0.6 is 0 Å². The van der Waals surface area contributed by atoms with Gasteiger partial charge in [-0.2, -0.15) is 0 Å². The molecule has 0 saturated carbocycles. The summed E-state index contributed by atoms with van der Waals surface area (Å²) >= 11 is 0. The van der Waals surface area contributed by atoms with Crippen LogP contribution in [-0.4, -0.2) is 28.8 Å². The highest BCUT2D eigenvalue weighted by atomic mass is 16.2. The van der Waals surface area contributed by atoms with E-state index in [0.717, 1.165) is 29.7 Å². The Hall–Kier alpha value is -1.84. The van der Waals surface area contributed by atoms with Gasteiger partial charge < -0.3 is 10.2 Å². The first kappa shape index (κ1) is 14.1. The van der Waals surface area contributed by atoms with Gasteiger partial charge in [-0.25, -0.2) is 0 Å². The molecule has 0 bridgehead atoms. The number of fused-ring (bicyclic) bond motifs is 1. The molecule has 21 heavy (non-hydrogen) atoms. The number of carbonyl (C=O) groups excluding carboxylic acids is 2. The van der Waals surface area contributed by atoms with Crippen LogP contribution in [0.3, 0.4) is 0 Å². The smallest absolute Gasteiger partial charge is 0.254 e. The molecule has 1 aromatic rings. The first-order valence-electron chi connectivity index (χ1n) is 7.81. The van der Waals surface area contributed by atoms with E-state index in [9.17, 15) is 9.59 Å². The Morgan fingerprint density at radius 2 is 1.90 bits per heavy atom. The highest BCUT2D eigenvalue weighted by molar-refractivity contribution is 5.98. The molecule has 0 aliphatic carbocycles. The van der Waals surface area contributed by atoms with Crippen molar-refractivity contribution in [3.8, 4) is 0 Å². The van der Waals surface area contributed by atoms with E-state index < -0.39 is 0 Å². The number of anilines is 1. The number of hydrogen-bond donors (Lipinski definition) is 1. The summed E-state index contributed by atoms with van der Waals surface area (Å²) in [4.78, 5) is 26.2. The summed E-state index contributed by atoms with van der Waals surface area (Å²) in [5, 5.41) is 2.86. The van der Waals surface area contributed by atoms with Crippen molar-refractivity contribution in [1.82, 2.24) is 4.90 Å². The number of likely N-dealkylation sites (tertiary alicyclic amines) is 1. The molecule has 0 spiro atoms. The van der Waals surface area contributed by atoms with E-state index in [0.29, 0.717) is 24.9 Å². The molecule has 2 amide bonds. The fraction of sp³-hybridized carbons (Fsp3) is 0.529. The molecule has 1 N–H and O–H groups in total. The fourth-order valence-electron chi connectivity index (χ4n) is 3.49. The minimum atomic E-state index is 0.0554. The van der Waals surface area contributed by atoms with E-state index in [1.807, 2.05) is 23.1 Å². The summed E-state index contributed by atoms with van der Waals surface area (Å²) in [5.74, 6) is 0.175. The number of amides is 2. The van der Waals surface area contributed by atoms with Crippen LogP contribution in [0.1, 0.15) is 55.5 Å². The molecule has 2 aliphatic heterocycles. The molecule has 1 saturated heterocycles. The van der Waals surface area contributed by atoms with Crippen LogP contribution in [0.5, 0.6) is 0 Å². The number of hydrogen-bond acceptors (Lipinski definition) is 2. The third-order valence-corrected chi connectivity index (χ3v) is 4.68. The van der Waals surface area contributed by atoms with Crippen molar-refractivity contribution >= 4 is 17.5 Å². The van der Waals surface area contributed by atoms with Crippen LogP contribution in [-0.2, 0) is 11.2 Å². The van der Waals surface area contributed by atoms with Gasteiger partial charge in [0.1, 0.15) is 0 Å². The summed E-state index contributed by atoms with van der Waals surface area (Å²) in [6.45, 7) is 4.26. The van der Waals surface area contributed by atoms with Crippen molar-refractivity contribution in [2.24, 2.45) is 0 Å². The van der Waals surface area contributed by atoms with E-state index in [2.05, 4.69) is 19.2 Å². The van der Waals surface area contributed by atoms with Crippen molar-refractivity contribution < 1.29 is 9.59 Å².